The molecule has 0 bridgehead atoms. The number of benzene rings is 1. The van der Waals surface area contributed by atoms with E-state index in [0.29, 0.717) is 18.2 Å². The minimum atomic E-state index is -4.65. The third-order valence-corrected chi connectivity index (χ3v) is 5.02. The number of anilines is 2. The number of hydrogen-bond donors (Lipinski definition) is 3. The molecule has 0 aliphatic carbocycles. The molecule has 1 aliphatic rings. The van der Waals surface area contributed by atoms with Crippen LogP contribution in [0.2, 0.25) is 0 Å². The van der Waals surface area contributed by atoms with E-state index in [0.717, 1.165) is 0 Å². The largest absolute Gasteiger partial charge is 0.416 e. The molecule has 3 aromatic rings. The summed E-state index contributed by atoms with van der Waals surface area (Å²) < 4.78 is 65.3. The number of methoxy groups -OCH3 is 1. The quantitative estimate of drug-likeness (QED) is 0.500. The second-order valence-corrected chi connectivity index (χ2v) is 7.26. The van der Waals surface area contributed by atoms with Crippen molar-refractivity contribution < 1.29 is 37.2 Å². The molecule has 4 atom stereocenters. The van der Waals surface area contributed by atoms with Crippen LogP contribution in [-0.2, 0) is 15.7 Å². The van der Waals surface area contributed by atoms with Crippen molar-refractivity contribution in [2.75, 3.05) is 19.0 Å². The monoisotopic (exact) mass is 457 g/mol. The Morgan fingerprint density at radius 1 is 1.22 bits per heavy atom. The number of hydrogen-bond acceptors (Lipinski definition) is 8. The number of halogens is 4. The Hall–Kier alpha value is -2.87. The van der Waals surface area contributed by atoms with Crippen molar-refractivity contribution in [2.45, 2.75) is 37.6 Å². The molecule has 0 saturated carbocycles. The Bertz CT molecular complexity index is 1140. The molecule has 3 N–H and O–H groups in total. The van der Waals surface area contributed by atoms with Crippen LogP contribution in [0.25, 0.3) is 11.2 Å². The molecule has 1 aromatic carbocycles. The lowest BCUT2D eigenvalue weighted by Gasteiger charge is -2.17. The maximum atomic E-state index is 14.2. The van der Waals surface area contributed by atoms with Gasteiger partial charge in [-0.25, -0.2) is 19.3 Å². The van der Waals surface area contributed by atoms with E-state index >= 15 is 0 Å². The van der Waals surface area contributed by atoms with Crippen LogP contribution < -0.4 is 5.32 Å². The van der Waals surface area contributed by atoms with Gasteiger partial charge in [0.2, 0.25) is 0 Å². The molecule has 0 spiro atoms. The first-order valence-corrected chi connectivity index (χ1v) is 9.45. The highest BCUT2D eigenvalue weighted by molar-refractivity contribution is 5.85. The molecule has 0 unspecified atom stereocenters. The van der Waals surface area contributed by atoms with Gasteiger partial charge in [-0.3, -0.25) is 4.57 Å². The molecule has 2 aromatic heterocycles. The minimum Gasteiger partial charge on any atom is -0.387 e. The van der Waals surface area contributed by atoms with Crippen molar-refractivity contribution in [3.05, 3.63) is 41.7 Å². The van der Waals surface area contributed by atoms with E-state index in [-0.39, 0.29) is 29.4 Å². The van der Waals surface area contributed by atoms with Crippen LogP contribution in [-0.4, -0.2) is 61.8 Å². The number of nitrogens with one attached hydrogen (secondary N) is 1. The summed E-state index contributed by atoms with van der Waals surface area (Å²) in [5.41, 5.74) is -1.20. The topological polar surface area (TPSA) is 115 Å². The van der Waals surface area contributed by atoms with E-state index in [1.54, 1.807) is 0 Å². The summed E-state index contributed by atoms with van der Waals surface area (Å²) in [7, 11) is 1.42. The van der Waals surface area contributed by atoms with E-state index < -0.39 is 47.8 Å². The molecule has 4 rings (SSSR count). The van der Waals surface area contributed by atoms with Crippen molar-refractivity contribution in [1.29, 1.82) is 0 Å². The van der Waals surface area contributed by atoms with E-state index in [1.165, 1.54) is 24.9 Å². The van der Waals surface area contributed by atoms with E-state index in [1.807, 2.05) is 0 Å². The summed E-state index contributed by atoms with van der Waals surface area (Å²) in [6, 6.07) is 1.97. The van der Waals surface area contributed by atoms with E-state index in [4.69, 9.17) is 9.47 Å². The second kappa shape index (κ2) is 8.24. The van der Waals surface area contributed by atoms with Gasteiger partial charge < -0.3 is 25.0 Å². The van der Waals surface area contributed by atoms with Crippen LogP contribution in [0, 0.1) is 12.7 Å². The van der Waals surface area contributed by atoms with Gasteiger partial charge in [0.05, 0.1) is 24.2 Å². The first-order chi connectivity index (χ1) is 15.1. The fourth-order valence-corrected chi connectivity index (χ4v) is 3.48. The van der Waals surface area contributed by atoms with Gasteiger partial charge >= 0.3 is 6.18 Å². The number of alkyl halides is 3. The predicted octanol–water partition coefficient (Wildman–Crippen LogP) is 2.30. The highest BCUT2D eigenvalue weighted by Gasteiger charge is 2.44. The number of aliphatic hydroxyl groups is 2. The van der Waals surface area contributed by atoms with Crippen LogP contribution in [0.4, 0.5) is 29.1 Å². The van der Waals surface area contributed by atoms with Gasteiger partial charge in [0.1, 0.15) is 30.0 Å². The number of aromatic nitrogens is 4. The Balaban J connectivity index is 1.73. The first kappa shape index (κ1) is 22.3. The SMILES string of the molecule is COC[C@H]1O[C@@H](n2cnc3c(Nc4cc(C(F)(F)F)ccc4F)nc(C)nc32)[C@H](O)[C@@H]1O. The van der Waals surface area contributed by atoms with Crippen molar-refractivity contribution in [1.82, 2.24) is 19.5 Å². The van der Waals surface area contributed by atoms with Gasteiger partial charge in [0.15, 0.2) is 23.2 Å². The smallest absolute Gasteiger partial charge is 0.387 e. The molecule has 0 radical (unpaired) electrons. The molecule has 1 fully saturated rings. The van der Waals surface area contributed by atoms with E-state index in [9.17, 15) is 27.8 Å². The molecule has 1 aliphatic heterocycles. The molecule has 1 saturated heterocycles. The first-order valence-electron chi connectivity index (χ1n) is 9.45. The Kier molecular flexibility index (Phi) is 5.75. The fraction of sp³-hybridized carbons (Fsp3) is 0.421. The van der Waals surface area contributed by atoms with Gasteiger partial charge in [0, 0.05) is 7.11 Å². The number of rotatable bonds is 5. The average Bonchev–Trinajstić information content (AvgIpc) is 3.25. The summed E-state index contributed by atoms with van der Waals surface area (Å²) in [5.74, 6) is -0.747. The minimum absolute atomic E-state index is 0.0362. The molecular formula is C19H19F4N5O4. The number of ether oxygens (including phenoxy) is 2. The van der Waals surface area contributed by atoms with Crippen LogP contribution in [0.1, 0.15) is 17.6 Å². The number of fused-ring (bicyclic) bond motifs is 1. The molecular weight excluding hydrogens is 438 g/mol. The molecule has 3 heterocycles. The van der Waals surface area contributed by atoms with Gasteiger partial charge in [-0.2, -0.15) is 13.2 Å². The maximum Gasteiger partial charge on any atom is 0.416 e. The number of nitrogens with zero attached hydrogens (tertiary/aromatic N) is 4. The Labute approximate surface area is 178 Å². The lowest BCUT2D eigenvalue weighted by molar-refractivity contribution is -0.137. The van der Waals surface area contributed by atoms with Crippen LogP contribution in [0.5, 0.6) is 0 Å². The van der Waals surface area contributed by atoms with Gasteiger partial charge in [-0.15, -0.1) is 0 Å². The Morgan fingerprint density at radius 2 is 1.97 bits per heavy atom. The van der Waals surface area contributed by atoms with Crippen LogP contribution in [0.15, 0.2) is 24.5 Å². The number of aliphatic hydroxyl groups excluding tert-OH is 2. The zero-order valence-corrected chi connectivity index (χ0v) is 16.8. The number of imidazole rings is 1. The maximum absolute atomic E-state index is 14.2. The highest BCUT2D eigenvalue weighted by atomic mass is 19.4. The lowest BCUT2D eigenvalue weighted by atomic mass is 10.1. The predicted molar refractivity (Wildman–Crippen MR) is 103 cm³/mol. The second-order valence-electron chi connectivity index (χ2n) is 7.26. The van der Waals surface area contributed by atoms with Crippen LogP contribution >= 0.6 is 0 Å². The lowest BCUT2D eigenvalue weighted by Crippen LogP contribution is -2.33. The third-order valence-electron chi connectivity index (χ3n) is 5.02. The molecule has 13 heteroatoms. The summed E-state index contributed by atoms with van der Waals surface area (Å²) in [5, 5.41) is 23.1. The third kappa shape index (κ3) is 3.99. The molecule has 0 amide bonds. The van der Waals surface area contributed by atoms with Gasteiger partial charge in [-0.05, 0) is 25.1 Å². The van der Waals surface area contributed by atoms with E-state index in [2.05, 4.69) is 20.3 Å². The summed E-state index contributed by atoms with van der Waals surface area (Å²) in [6.45, 7) is 1.57. The molecule has 172 valence electrons. The fourth-order valence-electron chi connectivity index (χ4n) is 3.48. The van der Waals surface area contributed by atoms with Crippen molar-refractivity contribution in [3.8, 4) is 0 Å². The van der Waals surface area contributed by atoms with Crippen molar-refractivity contribution in [3.63, 3.8) is 0 Å². The van der Waals surface area contributed by atoms with Gasteiger partial charge in [-0.1, -0.05) is 0 Å². The van der Waals surface area contributed by atoms with Crippen molar-refractivity contribution in [2.24, 2.45) is 0 Å². The summed E-state index contributed by atoms with van der Waals surface area (Å²) in [4.78, 5) is 12.6. The zero-order chi connectivity index (χ0) is 23.2. The van der Waals surface area contributed by atoms with Crippen molar-refractivity contribution >= 4 is 22.7 Å². The summed E-state index contributed by atoms with van der Waals surface area (Å²) in [6.07, 6.45) is -7.77. The van der Waals surface area contributed by atoms with Crippen LogP contribution in [0.3, 0.4) is 0 Å². The molecule has 32 heavy (non-hydrogen) atoms. The molecule has 9 nitrogen and oxygen atoms in total. The van der Waals surface area contributed by atoms with Gasteiger partial charge in [0.25, 0.3) is 0 Å². The normalized spacial score (nSPS) is 23.8. The Morgan fingerprint density at radius 3 is 2.66 bits per heavy atom. The highest BCUT2D eigenvalue weighted by Crippen LogP contribution is 2.35. The zero-order valence-electron chi connectivity index (χ0n) is 16.8. The summed E-state index contributed by atoms with van der Waals surface area (Å²) >= 11 is 0. The standard InChI is InChI=1S/C19H19F4N5O4/c1-8-25-16(27-11-5-9(19(21,22)23)3-4-10(11)20)13-17(26-8)28(7-24-13)18-15(30)14(29)12(32-18)6-31-2/h3-5,7,12,14-15,18,29-30H,6H2,1-2H3,(H,25,26,27)/t12-,14-,15-,18-/m1/s1. The average molecular weight is 457 g/mol. The number of aryl methyl sites for hydroxylation is 1.